The summed E-state index contributed by atoms with van der Waals surface area (Å²) in [7, 11) is 1.51. The van der Waals surface area contributed by atoms with Crippen molar-refractivity contribution in [3.63, 3.8) is 0 Å². The summed E-state index contributed by atoms with van der Waals surface area (Å²) in [4.78, 5) is 46.0. The number of carbonyl (C=O) groups excluding carboxylic acids is 3. The van der Waals surface area contributed by atoms with Crippen LogP contribution < -0.4 is 5.32 Å². The summed E-state index contributed by atoms with van der Waals surface area (Å²) in [6, 6.07) is 4.54. The number of nitrogens with zero attached hydrogens (tertiary/aromatic N) is 3. The minimum atomic E-state index is -0.535. The van der Waals surface area contributed by atoms with Crippen LogP contribution in [0.25, 0.3) is 0 Å². The van der Waals surface area contributed by atoms with Crippen LogP contribution in [0, 0.1) is 0 Å². The number of ether oxygens (including phenoxy) is 3. The average molecular weight is 571 g/mol. The van der Waals surface area contributed by atoms with Crippen LogP contribution in [0.3, 0.4) is 0 Å². The molecular formula is C24H28Cl2N4O6S. The second-order valence-electron chi connectivity index (χ2n) is 8.71. The lowest BCUT2D eigenvalue weighted by molar-refractivity contribution is -0.187. The van der Waals surface area contributed by atoms with E-state index in [9.17, 15) is 14.4 Å². The van der Waals surface area contributed by atoms with Gasteiger partial charge in [0.15, 0.2) is 10.9 Å². The average Bonchev–Trinajstić information content (AvgIpc) is 3.52. The van der Waals surface area contributed by atoms with Crippen molar-refractivity contribution in [3.05, 3.63) is 44.9 Å². The summed E-state index contributed by atoms with van der Waals surface area (Å²) in [5, 5.41) is 5.39. The van der Waals surface area contributed by atoms with Gasteiger partial charge in [0.1, 0.15) is 6.54 Å². The Morgan fingerprint density at radius 3 is 2.59 bits per heavy atom. The highest BCUT2D eigenvalue weighted by Crippen LogP contribution is 2.31. The number of hydrogen-bond acceptors (Lipinski definition) is 8. The van der Waals surface area contributed by atoms with Crippen LogP contribution in [-0.4, -0.2) is 91.4 Å². The highest BCUT2D eigenvalue weighted by Gasteiger charge is 2.40. The molecule has 37 heavy (non-hydrogen) atoms. The molecule has 200 valence electrons. The van der Waals surface area contributed by atoms with Gasteiger partial charge in [-0.15, -0.1) is 11.3 Å². The SMILES string of the molecule is COCCN(CC(=O)Nc1nc(CC(=O)N2CCC3(CC2)OCCO3)cs1)C(=O)c1ccc(Cl)c(Cl)c1. The number of thiazole rings is 1. The van der Waals surface area contributed by atoms with Crippen LogP contribution in [0.2, 0.25) is 10.0 Å². The normalized spacial score (nSPS) is 16.7. The molecule has 0 atom stereocenters. The standard InChI is InChI=1S/C24H28Cl2N4O6S/c1-34-9-8-30(22(33)16-2-3-18(25)19(26)12-16)14-20(31)28-23-27-17(15-37-23)13-21(32)29-6-4-24(5-7-29)35-10-11-36-24/h2-3,12,15H,4-11,13-14H2,1H3,(H,27,28,31). The lowest BCUT2D eigenvalue weighted by Gasteiger charge is -2.37. The Kier molecular flexibility index (Phi) is 9.38. The maximum Gasteiger partial charge on any atom is 0.254 e. The van der Waals surface area contributed by atoms with Crippen LogP contribution in [0.15, 0.2) is 23.6 Å². The first-order valence-electron chi connectivity index (χ1n) is 11.8. The Labute approximate surface area is 228 Å². The van der Waals surface area contributed by atoms with Crippen molar-refractivity contribution in [1.29, 1.82) is 0 Å². The van der Waals surface area contributed by atoms with Crippen molar-refractivity contribution < 1.29 is 28.6 Å². The molecule has 13 heteroatoms. The van der Waals surface area contributed by atoms with E-state index in [4.69, 9.17) is 37.4 Å². The van der Waals surface area contributed by atoms with Crippen LogP contribution in [0.1, 0.15) is 28.9 Å². The van der Waals surface area contributed by atoms with Gasteiger partial charge < -0.3 is 29.3 Å². The molecule has 2 aromatic rings. The van der Waals surface area contributed by atoms with Gasteiger partial charge in [-0.1, -0.05) is 23.2 Å². The maximum atomic E-state index is 13.0. The summed E-state index contributed by atoms with van der Waals surface area (Å²) in [6.45, 7) is 2.56. The van der Waals surface area contributed by atoms with Gasteiger partial charge in [-0.2, -0.15) is 0 Å². The van der Waals surface area contributed by atoms with Gasteiger partial charge in [0.25, 0.3) is 5.91 Å². The van der Waals surface area contributed by atoms with Gasteiger partial charge in [-0.05, 0) is 18.2 Å². The molecule has 3 heterocycles. The van der Waals surface area contributed by atoms with Crippen molar-refractivity contribution in [2.45, 2.75) is 25.0 Å². The summed E-state index contributed by atoms with van der Waals surface area (Å²) >= 11 is 13.2. The molecule has 0 radical (unpaired) electrons. The number of anilines is 1. The molecule has 2 aliphatic heterocycles. The monoisotopic (exact) mass is 570 g/mol. The smallest absolute Gasteiger partial charge is 0.254 e. The molecule has 1 aromatic heterocycles. The van der Waals surface area contributed by atoms with Gasteiger partial charge in [0, 0.05) is 50.5 Å². The van der Waals surface area contributed by atoms with Gasteiger partial charge in [-0.25, -0.2) is 4.98 Å². The molecule has 3 amide bonds. The van der Waals surface area contributed by atoms with E-state index in [2.05, 4.69) is 10.3 Å². The second kappa shape index (κ2) is 12.5. The zero-order valence-corrected chi connectivity index (χ0v) is 22.7. The Bertz CT molecular complexity index is 1130. The maximum absolute atomic E-state index is 13.0. The van der Waals surface area contributed by atoms with Crippen molar-refractivity contribution in [2.24, 2.45) is 0 Å². The lowest BCUT2D eigenvalue weighted by Crippen LogP contribution is -2.47. The third kappa shape index (κ3) is 7.18. The first-order valence-corrected chi connectivity index (χ1v) is 13.5. The molecule has 10 nitrogen and oxygen atoms in total. The number of carbonyl (C=O) groups is 3. The molecule has 4 rings (SSSR count). The molecule has 1 spiro atoms. The van der Waals surface area contributed by atoms with E-state index in [1.54, 1.807) is 16.3 Å². The van der Waals surface area contributed by atoms with E-state index in [1.165, 1.54) is 35.5 Å². The Balaban J connectivity index is 1.30. The number of benzene rings is 1. The number of piperidine rings is 1. The predicted octanol–water partition coefficient (Wildman–Crippen LogP) is 3.09. The van der Waals surface area contributed by atoms with Crippen molar-refractivity contribution in [1.82, 2.24) is 14.8 Å². The minimum Gasteiger partial charge on any atom is -0.383 e. The summed E-state index contributed by atoms with van der Waals surface area (Å²) in [5.41, 5.74) is 0.880. The molecule has 2 saturated heterocycles. The molecule has 0 saturated carbocycles. The third-order valence-electron chi connectivity index (χ3n) is 6.18. The molecule has 2 aliphatic rings. The number of rotatable bonds is 9. The Morgan fingerprint density at radius 2 is 1.92 bits per heavy atom. The largest absolute Gasteiger partial charge is 0.383 e. The van der Waals surface area contributed by atoms with E-state index in [1.807, 2.05) is 0 Å². The van der Waals surface area contributed by atoms with Gasteiger partial charge >= 0.3 is 0 Å². The number of nitrogens with one attached hydrogen (secondary N) is 1. The first kappa shape index (κ1) is 27.7. The molecule has 0 aliphatic carbocycles. The number of aromatic nitrogens is 1. The van der Waals surface area contributed by atoms with E-state index < -0.39 is 11.7 Å². The number of likely N-dealkylation sites (tertiary alicyclic amines) is 1. The summed E-state index contributed by atoms with van der Waals surface area (Å²) < 4.78 is 16.5. The van der Waals surface area contributed by atoms with Crippen molar-refractivity contribution in [2.75, 3.05) is 58.4 Å². The summed E-state index contributed by atoms with van der Waals surface area (Å²) in [6.07, 6.45) is 1.44. The molecule has 1 aromatic carbocycles. The number of methoxy groups -OCH3 is 1. The fraction of sp³-hybridized carbons (Fsp3) is 0.500. The van der Waals surface area contributed by atoms with Crippen LogP contribution >= 0.6 is 34.5 Å². The quantitative estimate of drug-likeness (QED) is 0.493. The highest BCUT2D eigenvalue weighted by atomic mass is 35.5. The van der Waals surface area contributed by atoms with E-state index in [0.717, 1.165) is 0 Å². The van der Waals surface area contributed by atoms with E-state index >= 15 is 0 Å². The van der Waals surface area contributed by atoms with E-state index in [0.29, 0.717) is 60.6 Å². The van der Waals surface area contributed by atoms with Gasteiger partial charge in [0.05, 0.1) is 42.0 Å². The lowest BCUT2D eigenvalue weighted by atomic mass is 10.0. The van der Waals surface area contributed by atoms with Crippen LogP contribution in [0.4, 0.5) is 5.13 Å². The Hall–Kier alpha value is -2.28. The zero-order valence-electron chi connectivity index (χ0n) is 20.3. The minimum absolute atomic E-state index is 0.0333. The topological polar surface area (TPSA) is 110 Å². The predicted molar refractivity (Wildman–Crippen MR) is 139 cm³/mol. The van der Waals surface area contributed by atoms with Gasteiger partial charge in [-0.3, -0.25) is 14.4 Å². The number of halogens is 2. The fourth-order valence-corrected chi connectivity index (χ4v) is 5.22. The van der Waals surface area contributed by atoms with E-state index in [-0.39, 0.29) is 43.0 Å². The third-order valence-corrected chi connectivity index (χ3v) is 7.72. The molecule has 0 bridgehead atoms. The number of amides is 3. The van der Waals surface area contributed by atoms with Crippen LogP contribution in [-0.2, 0) is 30.2 Å². The molecular weight excluding hydrogens is 543 g/mol. The highest BCUT2D eigenvalue weighted by molar-refractivity contribution is 7.13. The molecule has 0 unspecified atom stereocenters. The van der Waals surface area contributed by atoms with Gasteiger partial charge in [0.2, 0.25) is 11.8 Å². The zero-order chi connectivity index (χ0) is 26.4. The second-order valence-corrected chi connectivity index (χ2v) is 10.4. The molecule has 1 N–H and O–H groups in total. The van der Waals surface area contributed by atoms with Crippen molar-refractivity contribution >= 4 is 57.4 Å². The van der Waals surface area contributed by atoms with Crippen molar-refractivity contribution in [3.8, 4) is 0 Å². The fourth-order valence-electron chi connectivity index (χ4n) is 4.19. The van der Waals surface area contributed by atoms with Crippen LogP contribution in [0.5, 0.6) is 0 Å². The Morgan fingerprint density at radius 1 is 1.19 bits per heavy atom. The number of hydrogen-bond donors (Lipinski definition) is 1. The first-order chi connectivity index (χ1) is 17.8. The summed E-state index contributed by atoms with van der Waals surface area (Å²) in [5.74, 6) is -1.37. The molecule has 2 fully saturated rings.